The minimum absolute atomic E-state index is 0.0521. The highest BCUT2D eigenvalue weighted by atomic mass is 16.3. The zero-order valence-corrected chi connectivity index (χ0v) is 14.2. The number of hydrogen-bond acceptors (Lipinski definition) is 4. The molecule has 3 rings (SSSR count). The van der Waals surface area contributed by atoms with Crippen LogP contribution in [-0.2, 0) is 12.8 Å². The van der Waals surface area contributed by atoms with Gasteiger partial charge in [-0.3, -0.25) is 9.69 Å². The summed E-state index contributed by atoms with van der Waals surface area (Å²) in [7, 11) is 3.88. The first kappa shape index (κ1) is 16.6. The average molecular weight is 328 g/mol. The first-order valence-corrected chi connectivity index (χ1v) is 8.39. The molecule has 0 saturated heterocycles. The molecule has 0 fully saturated rings. The third-order valence-corrected chi connectivity index (χ3v) is 4.66. The smallest absolute Gasteiger partial charge is 0.255 e. The number of phenols is 1. The molecular formula is C19H24N2O3. The van der Waals surface area contributed by atoms with Gasteiger partial charge in [0.15, 0.2) is 0 Å². The van der Waals surface area contributed by atoms with Gasteiger partial charge in [0, 0.05) is 6.54 Å². The quantitative estimate of drug-likeness (QED) is 0.886. The summed E-state index contributed by atoms with van der Waals surface area (Å²) in [6, 6.07) is 7.27. The number of amides is 1. The Bertz CT molecular complexity index is 708. The predicted octanol–water partition coefficient (Wildman–Crippen LogP) is 2.90. The Morgan fingerprint density at radius 2 is 2.00 bits per heavy atom. The normalized spacial score (nSPS) is 15.1. The summed E-state index contributed by atoms with van der Waals surface area (Å²) in [6.07, 6.45) is 5.86. The summed E-state index contributed by atoms with van der Waals surface area (Å²) in [5.74, 6) is 0.613. The molecule has 0 radical (unpaired) electrons. The lowest BCUT2D eigenvalue weighted by molar-refractivity contribution is 0.0936. The number of carbonyl (C=O) groups is 1. The van der Waals surface area contributed by atoms with E-state index in [1.165, 1.54) is 5.56 Å². The molecule has 2 N–H and O–H groups in total. The Morgan fingerprint density at radius 1 is 1.29 bits per heavy atom. The third-order valence-electron chi connectivity index (χ3n) is 4.66. The molecule has 0 saturated carbocycles. The molecule has 128 valence electrons. The van der Waals surface area contributed by atoms with Crippen molar-refractivity contribution in [2.75, 3.05) is 20.6 Å². The Balaban J connectivity index is 1.73. The van der Waals surface area contributed by atoms with Gasteiger partial charge in [0.25, 0.3) is 5.91 Å². The van der Waals surface area contributed by atoms with Gasteiger partial charge < -0.3 is 14.8 Å². The number of nitrogens with zero attached hydrogens (tertiary/aromatic N) is 1. The number of fused-ring (bicyclic) bond motifs is 1. The van der Waals surface area contributed by atoms with Gasteiger partial charge in [0.05, 0.1) is 17.9 Å². The standard InChI is InChI=1S/C19H24N2O3/c1-21(2)16(18-8-5-9-24-18)12-20-19(23)15-10-13-6-3-4-7-14(13)11-17(15)22/h5,8-11,16,22H,3-4,6-7,12H2,1-2H3,(H,20,23)/t16-/m1/s1. The summed E-state index contributed by atoms with van der Waals surface area (Å²) >= 11 is 0. The van der Waals surface area contributed by atoms with Crippen LogP contribution in [0, 0.1) is 0 Å². The van der Waals surface area contributed by atoms with Gasteiger partial charge in [-0.15, -0.1) is 0 Å². The van der Waals surface area contributed by atoms with Crippen molar-refractivity contribution >= 4 is 5.91 Å². The zero-order chi connectivity index (χ0) is 17.1. The predicted molar refractivity (Wildman–Crippen MR) is 92.2 cm³/mol. The van der Waals surface area contributed by atoms with Crippen molar-refractivity contribution < 1.29 is 14.3 Å². The number of aromatic hydroxyl groups is 1. The maximum Gasteiger partial charge on any atom is 0.255 e. The molecule has 5 heteroatoms. The Morgan fingerprint density at radius 3 is 2.62 bits per heavy atom. The SMILES string of the molecule is CN(C)[C@H](CNC(=O)c1cc2c(cc1O)CCCC2)c1ccco1. The summed E-state index contributed by atoms with van der Waals surface area (Å²) in [6.45, 7) is 0.413. The highest BCUT2D eigenvalue weighted by molar-refractivity contribution is 5.97. The molecule has 1 aromatic heterocycles. The molecule has 1 atom stereocenters. The number of furan rings is 1. The first-order chi connectivity index (χ1) is 11.6. The number of phenolic OH excluding ortho intramolecular Hbond substituents is 1. The Hall–Kier alpha value is -2.27. The zero-order valence-electron chi connectivity index (χ0n) is 14.2. The third kappa shape index (κ3) is 3.46. The van der Waals surface area contributed by atoms with E-state index in [2.05, 4.69) is 5.32 Å². The number of nitrogens with one attached hydrogen (secondary N) is 1. The van der Waals surface area contributed by atoms with E-state index in [-0.39, 0.29) is 17.7 Å². The lowest BCUT2D eigenvalue weighted by Crippen LogP contribution is -2.34. The van der Waals surface area contributed by atoms with E-state index >= 15 is 0 Å². The van der Waals surface area contributed by atoms with E-state index < -0.39 is 0 Å². The fraction of sp³-hybridized carbons (Fsp3) is 0.421. The second kappa shape index (κ2) is 7.09. The van der Waals surface area contributed by atoms with Gasteiger partial charge in [-0.25, -0.2) is 0 Å². The minimum atomic E-state index is -0.251. The number of benzene rings is 1. The van der Waals surface area contributed by atoms with E-state index in [1.54, 1.807) is 12.3 Å². The van der Waals surface area contributed by atoms with Crippen LogP contribution >= 0.6 is 0 Å². The van der Waals surface area contributed by atoms with Crippen LogP contribution in [0.5, 0.6) is 5.75 Å². The Kier molecular flexibility index (Phi) is 4.90. The van der Waals surface area contributed by atoms with Crippen molar-refractivity contribution in [1.82, 2.24) is 10.2 Å². The van der Waals surface area contributed by atoms with Gasteiger partial charge in [-0.1, -0.05) is 0 Å². The van der Waals surface area contributed by atoms with Crippen molar-refractivity contribution in [1.29, 1.82) is 0 Å². The molecule has 1 aromatic carbocycles. The van der Waals surface area contributed by atoms with E-state index in [0.29, 0.717) is 12.1 Å². The van der Waals surface area contributed by atoms with Crippen LogP contribution < -0.4 is 5.32 Å². The van der Waals surface area contributed by atoms with E-state index in [4.69, 9.17) is 4.42 Å². The maximum atomic E-state index is 12.5. The molecule has 0 bridgehead atoms. The van der Waals surface area contributed by atoms with E-state index in [1.807, 2.05) is 37.2 Å². The van der Waals surface area contributed by atoms with Crippen molar-refractivity contribution in [2.24, 2.45) is 0 Å². The van der Waals surface area contributed by atoms with Crippen LogP contribution in [0.4, 0.5) is 0 Å². The molecule has 1 amide bonds. The first-order valence-electron chi connectivity index (χ1n) is 8.39. The fourth-order valence-corrected chi connectivity index (χ4v) is 3.26. The molecule has 2 aromatic rings. The van der Waals surface area contributed by atoms with Gasteiger partial charge in [0.1, 0.15) is 11.5 Å². The fourth-order valence-electron chi connectivity index (χ4n) is 3.26. The summed E-state index contributed by atoms with van der Waals surface area (Å²) < 4.78 is 5.45. The molecule has 0 aliphatic heterocycles. The van der Waals surface area contributed by atoms with E-state index in [9.17, 15) is 9.90 Å². The van der Waals surface area contributed by atoms with Crippen LogP contribution in [0.3, 0.4) is 0 Å². The van der Waals surface area contributed by atoms with Gasteiger partial charge >= 0.3 is 0 Å². The average Bonchev–Trinajstić information content (AvgIpc) is 3.08. The Labute approximate surface area is 142 Å². The van der Waals surface area contributed by atoms with Gasteiger partial charge in [0.2, 0.25) is 0 Å². The maximum absolute atomic E-state index is 12.5. The van der Waals surface area contributed by atoms with E-state index in [0.717, 1.165) is 37.0 Å². The summed E-state index contributed by atoms with van der Waals surface area (Å²) in [5, 5.41) is 13.1. The van der Waals surface area contributed by atoms with Crippen LogP contribution in [0.25, 0.3) is 0 Å². The molecule has 0 unspecified atom stereocenters. The second-order valence-electron chi connectivity index (χ2n) is 6.55. The molecule has 1 aliphatic carbocycles. The number of aryl methyl sites for hydroxylation is 2. The molecule has 1 aliphatic rings. The van der Waals surface area contributed by atoms with Crippen LogP contribution in [0.15, 0.2) is 34.9 Å². The summed E-state index contributed by atoms with van der Waals surface area (Å²) in [4.78, 5) is 14.5. The van der Waals surface area contributed by atoms with Crippen molar-refractivity contribution in [3.63, 3.8) is 0 Å². The highest BCUT2D eigenvalue weighted by Crippen LogP contribution is 2.28. The molecule has 5 nitrogen and oxygen atoms in total. The lowest BCUT2D eigenvalue weighted by atomic mass is 9.90. The van der Waals surface area contributed by atoms with Crippen molar-refractivity contribution in [3.8, 4) is 5.75 Å². The lowest BCUT2D eigenvalue weighted by Gasteiger charge is -2.23. The van der Waals surface area contributed by atoms with Crippen LogP contribution in [0.1, 0.15) is 46.1 Å². The molecule has 1 heterocycles. The van der Waals surface area contributed by atoms with Gasteiger partial charge in [-0.2, -0.15) is 0 Å². The molecule has 0 spiro atoms. The number of rotatable bonds is 5. The largest absolute Gasteiger partial charge is 0.507 e. The van der Waals surface area contributed by atoms with Crippen LogP contribution in [-0.4, -0.2) is 36.6 Å². The monoisotopic (exact) mass is 328 g/mol. The molecule has 24 heavy (non-hydrogen) atoms. The van der Waals surface area contributed by atoms with Crippen LogP contribution in [0.2, 0.25) is 0 Å². The minimum Gasteiger partial charge on any atom is -0.507 e. The number of carbonyl (C=O) groups excluding carboxylic acids is 1. The summed E-state index contributed by atoms with van der Waals surface area (Å²) in [5.41, 5.74) is 2.70. The van der Waals surface area contributed by atoms with Crippen molar-refractivity contribution in [3.05, 3.63) is 53.0 Å². The molecular weight excluding hydrogens is 304 g/mol. The highest BCUT2D eigenvalue weighted by Gasteiger charge is 2.21. The topological polar surface area (TPSA) is 65.7 Å². The van der Waals surface area contributed by atoms with Gasteiger partial charge in [-0.05, 0) is 75.2 Å². The number of likely N-dealkylation sites (N-methyl/N-ethyl adjacent to an activating group) is 1. The number of hydrogen-bond donors (Lipinski definition) is 2. The van der Waals surface area contributed by atoms with Crippen molar-refractivity contribution in [2.45, 2.75) is 31.7 Å². The second-order valence-corrected chi connectivity index (χ2v) is 6.55.